The fraction of sp³-hybridized carbons (Fsp3) is 0.300. The van der Waals surface area contributed by atoms with Gasteiger partial charge in [-0.2, -0.15) is 13.2 Å². The molecule has 1 amide bonds. The van der Waals surface area contributed by atoms with Gasteiger partial charge in [-0.15, -0.1) is 0 Å². The molecular weight excluding hydrogens is 391 g/mol. The van der Waals surface area contributed by atoms with Gasteiger partial charge < -0.3 is 5.32 Å². The first kappa shape index (κ1) is 20.2. The van der Waals surface area contributed by atoms with Gasteiger partial charge in [0.2, 0.25) is 0 Å². The second kappa shape index (κ2) is 7.47. The van der Waals surface area contributed by atoms with E-state index < -0.39 is 17.6 Å². The summed E-state index contributed by atoms with van der Waals surface area (Å²) < 4.78 is 40.8. The summed E-state index contributed by atoms with van der Waals surface area (Å²) in [7, 11) is 0. The Morgan fingerprint density at radius 1 is 1.25 bits per heavy atom. The molecule has 0 saturated carbocycles. The zero-order valence-corrected chi connectivity index (χ0v) is 16.4. The number of nitrogens with one attached hydrogen (secondary N) is 1. The molecule has 28 heavy (non-hydrogen) atoms. The van der Waals surface area contributed by atoms with Crippen LogP contribution in [0.5, 0.6) is 0 Å². The van der Waals surface area contributed by atoms with E-state index in [9.17, 15) is 18.0 Å². The van der Waals surface area contributed by atoms with Crippen molar-refractivity contribution in [3.05, 3.63) is 63.6 Å². The Bertz CT molecular complexity index is 1060. The van der Waals surface area contributed by atoms with Crippen LogP contribution < -0.4 is 5.32 Å². The molecule has 0 atom stereocenters. The summed E-state index contributed by atoms with van der Waals surface area (Å²) in [6.07, 6.45) is -2.65. The van der Waals surface area contributed by atoms with Crippen molar-refractivity contribution >= 4 is 28.8 Å². The number of amides is 1. The Morgan fingerprint density at radius 3 is 2.57 bits per heavy atom. The van der Waals surface area contributed by atoms with Crippen LogP contribution in [-0.2, 0) is 19.0 Å². The van der Waals surface area contributed by atoms with Crippen LogP contribution in [0.2, 0.25) is 5.02 Å². The minimum absolute atomic E-state index is 0.0517. The first-order chi connectivity index (χ1) is 13.2. The van der Waals surface area contributed by atoms with E-state index in [2.05, 4.69) is 10.3 Å². The minimum Gasteiger partial charge on any atom is -0.320 e. The number of halogens is 4. The number of hydrogen-bond acceptors (Lipinski definition) is 2. The number of rotatable bonds is 4. The summed E-state index contributed by atoms with van der Waals surface area (Å²) >= 11 is 6.03. The summed E-state index contributed by atoms with van der Waals surface area (Å²) in [5, 5.41) is 2.69. The smallest absolute Gasteiger partial charge is 0.320 e. The van der Waals surface area contributed by atoms with Gasteiger partial charge in [0.05, 0.1) is 16.3 Å². The molecule has 0 fully saturated rings. The monoisotopic (exact) mass is 409 g/mol. The molecular formula is C20H19ClF3N3O. The fourth-order valence-electron chi connectivity index (χ4n) is 3.17. The second-order valence-corrected chi connectivity index (χ2v) is 6.85. The number of alkyl halides is 3. The number of aryl methyl sites for hydroxylation is 3. The molecule has 0 aliphatic rings. The number of anilines is 1. The number of benzene rings is 1. The molecule has 3 aromatic rings. The average molecular weight is 410 g/mol. The maximum atomic E-state index is 13.2. The molecule has 0 radical (unpaired) electrons. The molecule has 8 heteroatoms. The lowest BCUT2D eigenvalue weighted by Gasteiger charge is -2.14. The normalized spacial score (nSPS) is 11.8. The van der Waals surface area contributed by atoms with Crippen molar-refractivity contribution in [1.82, 2.24) is 9.38 Å². The molecule has 0 unspecified atom stereocenters. The fourth-order valence-corrected chi connectivity index (χ4v) is 3.42. The largest absolute Gasteiger partial charge is 0.417 e. The Labute approximate surface area is 165 Å². The summed E-state index contributed by atoms with van der Waals surface area (Å²) in [4.78, 5) is 17.3. The molecule has 4 nitrogen and oxygen atoms in total. The van der Waals surface area contributed by atoms with E-state index in [1.165, 1.54) is 0 Å². The summed E-state index contributed by atoms with van der Waals surface area (Å²) in [6, 6.07) is 6.48. The first-order valence-electron chi connectivity index (χ1n) is 8.84. The molecule has 0 aliphatic carbocycles. The van der Waals surface area contributed by atoms with Gasteiger partial charge in [0.25, 0.3) is 5.91 Å². The molecule has 0 aliphatic heterocycles. The topological polar surface area (TPSA) is 46.4 Å². The van der Waals surface area contributed by atoms with Gasteiger partial charge in [0, 0.05) is 11.9 Å². The van der Waals surface area contributed by atoms with Crippen LogP contribution in [0.25, 0.3) is 5.65 Å². The molecule has 0 spiro atoms. The van der Waals surface area contributed by atoms with Crippen molar-refractivity contribution < 1.29 is 18.0 Å². The zero-order chi connectivity index (χ0) is 20.6. The first-order valence-corrected chi connectivity index (χ1v) is 9.22. The van der Waals surface area contributed by atoms with E-state index in [0.717, 1.165) is 27.8 Å². The number of aromatic nitrogens is 2. The Morgan fingerprint density at radius 2 is 1.96 bits per heavy atom. The molecule has 0 bridgehead atoms. The van der Waals surface area contributed by atoms with Gasteiger partial charge >= 0.3 is 6.18 Å². The molecule has 3 rings (SSSR count). The second-order valence-electron chi connectivity index (χ2n) is 6.45. The lowest BCUT2D eigenvalue weighted by Crippen LogP contribution is -2.18. The average Bonchev–Trinajstić information content (AvgIpc) is 3.02. The number of para-hydroxylation sites is 1. The lowest BCUT2D eigenvalue weighted by atomic mass is 10.1. The summed E-state index contributed by atoms with van der Waals surface area (Å²) in [6.45, 7) is 5.61. The van der Waals surface area contributed by atoms with Crippen LogP contribution in [0.15, 0.2) is 30.5 Å². The SMILES string of the molecule is CCc1cccc(C)c1NC(=O)c1c(CC)nc2c(Cl)cc(C(F)(F)F)cn12. The number of carbonyl (C=O) groups is 1. The van der Waals surface area contributed by atoms with Gasteiger partial charge in [0.15, 0.2) is 5.65 Å². The highest BCUT2D eigenvalue weighted by Crippen LogP contribution is 2.33. The van der Waals surface area contributed by atoms with E-state index in [-0.39, 0.29) is 16.4 Å². The molecule has 2 heterocycles. The Kier molecular flexibility index (Phi) is 5.39. The van der Waals surface area contributed by atoms with Gasteiger partial charge in [-0.05, 0) is 37.0 Å². The van der Waals surface area contributed by atoms with Crippen LogP contribution in [0.3, 0.4) is 0 Å². The van der Waals surface area contributed by atoms with E-state index in [0.29, 0.717) is 24.2 Å². The highest BCUT2D eigenvalue weighted by Gasteiger charge is 2.33. The lowest BCUT2D eigenvalue weighted by molar-refractivity contribution is -0.137. The predicted octanol–water partition coefficient (Wildman–Crippen LogP) is 5.69. The van der Waals surface area contributed by atoms with Crippen molar-refractivity contribution in [2.24, 2.45) is 0 Å². The minimum atomic E-state index is -4.59. The van der Waals surface area contributed by atoms with E-state index in [4.69, 9.17) is 11.6 Å². The van der Waals surface area contributed by atoms with Crippen LogP contribution in [0.4, 0.5) is 18.9 Å². The highest BCUT2D eigenvalue weighted by atomic mass is 35.5. The van der Waals surface area contributed by atoms with Gasteiger partial charge in [-0.3, -0.25) is 9.20 Å². The zero-order valence-electron chi connectivity index (χ0n) is 15.6. The Hall–Kier alpha value is -2.54. The van der Waals surface area contributed by atoms with Gasteiger partial charge in [-0.25, -0.2) is 4.98 Å². The Balaban J connectivity index is 2.16. The highest BCUT2D eigenvalue weighted by molar-refractivity contribution is 6.33. The number of nitrogens with zero attached hydrogens (tertiary/aromatic N) is 2. The number of pyridine rings is 1. The van der Waals surface area contributed by atoms with Crippen LogP contribution >= 0.6 is 11.6 Å². The molecule has 148 valence electrons. The van der Waals surface area contributed by atoms with Crippen molar-refractivity contribution in [2.45, 2.75) is 39.8 Å². The summed E-state index contributed by atoms with van der Waals surface area (Å²) in [5.41, 5.74) is 2.08. The quantitative estimate of drug-likeness (QED) is 0.601. The van der Waals surface area contributed by atoms with E-state index in [1.54, 1.807) is 6.92 Å². The maximum Gasteiger partial charge on any atom is 0.417 e. The molecule has 2 aromatic heterocycles. The number of hydrogen-bond donors (Lipinski definition) is 1. The van der Waals surface area contributed by atoms with Gasteiger partial charge in [-0.1, -0.05) is 43.6 Å². The van der Waals surface area contributed by atoms with Crippen molar-refractivity contribution in [3.63, 3.8) is 0 Å². The molecule has 1 aromatic carbocycles. The third-order valence-corrected chi connectivity index (χ3v) is 4.88. The van der Waals surface area contributed by atoms with Crippen molar-refractivity contribution in [1.29, 1.82) is 0 Å². The standard InChI is InChI=1S/C20H19ClF3N3O/c1-4-12-8-6-7-11(3)16(12)26-19(28)17-15(5-2)25-18-14(21)9-13(10-27(17)18)20(22,23)24/h6-10H,4-5H2,1-3H3,(H,26,28). The van der Waals surface area contributed by atoms with Gasteiger partial charge in [0.1, 0.15) is 5.69 Å². The van der Waals surface area contributed by atoms with Crippen molar-refractivity contribution in [3.8, 4) is 0 Å². The number of carbonyl (C=O) groups excluding carboxylic acids is 1. The number of fused-ring (bicyclic) bond motifs is 1. The van der Waals surface area contributed by atoms with E-state index in [1.807, 2.05) is 32.0 Å². The summed E-state index contributed by atoms with van der Waals surface area (Å²) in [5.74, 6) is -0.524. The van der Waals surface area contributed by atoms with Crippen LogP contribution in [0, 0.1) is 6.92 Å². The molecule has 1 N–H and O–H groups in total. The predicted molar refractivity (Wildman–Crippen MR) is 103 cm³/mol. The van der Waals surface area contributed by atoms with Crippen LogP contribution in [0.1, 0.15) is 46.7 Å². The van der Waals surface area contributed by atoms with E-state index >= 15 is 0 Å². The number of imidazole rings is 1. The molecule has 0 saturated heterocycles. The maximum absolute atomic E-state index is 13.2. The third kappa shape index (κ3) is 3.58. The third-order valence-electron chi connectivity index (χ3n) is 4.60. The van der Waals surface area contributed by atoms with Crippen LogP contribution in [-0.4, -0.2) is 15.3 Å². The van der Waals surface area contributed by atoms with Crippen molar-refractivity contribution in [2.75, 3.05) is 5.32 Å².